The van der Waals surface area contributed by atoms with Gasteiger partial charge in [-0.1, -0.05) is 26.0 Å². The van der Waals surface area contributed by atoms with Gasteiger partial charge in [-0.2, -0.15) is 0 Å². The number of para-hydroxylation sites is 1. The number of halogens is 1. The van der Waals surface area contributed by atoms with Crippen LogP contribution in [0.5, 0.6) is 11.5 Å². The van der Waals surface area contributed by atoms with Crippen molar-refractivity contribution in [2.24, 2.45) is 5.41 Å². The van der Waals surface area contributed by atoms with Gasteiger partial charge in [0.15, 0.2) is 11.5 Å². The molecule has 0 radical (unpaired) electrons. The molecule has 6 heteroatoms. The van der Waals surface area contributed by atoms with Crippen LogP contribution in [-0.2, 0) is 0 Å². The average Bonchev–Trinajstić information content (AvgIpc) is 2.55. The van der Waals surface area contributed by atoms with Gasteiger partial charge in [-0.15, -0.1) is 12.4 Å². The first-order chi connectivity index (χ1) is 10.5. The van der Waals surface area contributed by atoms with Crippen LogP contribution in [0.4, 0.5) is 0 Å². The van der Waals surface area contributed by atoms with Gasteiger partial charge in [-0.05, 0) is 6.07 Å². The van der Waals surface area contributed by atoms with Crippen LogP contribution in [0.25, 0.3) is 0 Å². The highest BCUT2D eigenvalue weighted by atomic mass is 35.5. The highest BCUT2D eigenvalue weighted by Crippen LogP contribution is 2.45. The molecule has 5 nitrogen and oxygen atoms in total. The van der Waals surface area contributed by atoms with Gasteiger partial charge in [0.2, 0.25) is 0 Å². The zero-order chi connectivity index (χ0) is 16.2. The number of aliphatic hydroxyl groups excluding tert-OH is 1. The summed E-state index contributed by atoms with van der Waals surface area (Å²) in [6.45, 7) is 8.14. The number of benzene rings is 1. The second kappa shape index (κ2) is 8.73. The van der Waals surface area contributed by atoms with E-state index in [1.807, 2.05) is 12.1 Å². The van der Waals surface area contributed by atoms with E-state index < -0.39 is 0 Å². The molecule has 2 N–H and O–H groups in total. The standard InChI is InChI=1S/C17H28N2O3.ClH/c1-17(2,12-20)16(19-10-8-18-9-11-19)13-6-5-7-14(21-3)15(13)22-4;/h5-7,16,18,20H,8-12H2,1-4H3;1H/t16-;/m1./s1. The zero-order valence-corrected chi connectivity index (χ0v) is 15.3. The number of hydrogen-bond donors (Lipinski definition) is 2. The van der Waals surface area contributed by atoms with Gasteiger partial charge in [0.05, 0.1) is 14.2 Å². The van der Waals surface area contributed by atoms with Crippen LogP contribution in [0.2, 0.25) is 0 Å². The summed E-state index contributed by atoms with van der Waals surface area (Å²) in [7, 11) is 3.32. The third-order valence-electron chi connectivity index (χ3n) is 4.39. The minimum atomic E-state index is -0.281. The van der Waals surface area contributed by atoms with Crippen molar-refractivity contribution >= 4 is 12.4 Å². The summed E-state index contributed by atoms with van der Waals surface area (Å²) in [6, 6.07) is 6.04. The van der Waals surface area contributed by atoms with Crippen LogP contribution >= 0.6 is 12.4 Å². The molecular weight excluding hydrogens is 316 g/mol. The molecule has 0 amide bonds. The van der Waals surface area contributed by atoms with Crippen LogP contribution < -0.4 is 14.8 Å². The summed E-state index contributed by atoms with van der Waals surface area (Å²) < 4.78 is 11.1. The largest absolute Gasteiger partial charge is 0.493 e. The zero-order valence-electron chi connectivity index (χ0n) is 14.5. The molecule has 1 heterocycles. The summed E-state index contributed by atoms with van der Waals surface area (Å²) in [5.41, 5.74) is 0.791. The van der Waals surface area contributed by atoms with Gasteiger partial charge in [0.1, 0.15) is 0 Å². The molecule has 0 bridgehead atoms. The lowest BCUT2D eigenvalue weighted by atomic mass is 9.79. The third-order valence-corrected chi connectivity index (χ3v) is 4.39. The molecular formula is C17H29ClN2O3. The summed E-state index contributed by atoms with van der Waals surface area (Å²) in [5, 5.41) is 13.3. The normalized spacial score (nSPS) is 17.3. The van der Waals surface area contributed by atoms with Crippen molar-refractivity contribution in [1.82, 2.24) is 10.2 Å². The molecule has 1 atom stereocenters. The van der Waals surface area contributed by atoms with E-state index in [2.05, 4.69) is 30.1 Å². The summed E-state index contributed by atoms with van der Waals surface area (Å²) in [4.78, 5) is 2.42. The highest BCUT2D eigenvalue weighted by molar-refractivity contribution is 5.85. The quantitative estimate of drug-likeness (QED) is 0.827. The molecule has 0 aromatic heterocycles. The number of nitrogens with one attached hydrogen (secondary N) is 1. The van der Waals surface area contributed by atoms with E-state index in [0.29, 0.717) is 0 Å². The van der Waals surface area contributed by atoms with Crippen LogP contribution in [0, 0.1) is 5.41 Å². The van der Waals surface area contributed by atoms with Crippen LogP contribution in [-0.4, -0.2) is 57.0 Å². The first kappa shape index (κ1) is 20.0. The first-order valence-electron chi connectivity index (χ1n) is 7.81. The summed E-state index contributed by atoms with van der Waals surface area (Å²) in [5.74, 6) is 1.49. The van der Waals surface area contributed by atoms with Gasteiger partial charge < -0.3 is 19.9 Å². The van der Waals surface area contributed by atoms with Gasteiger partial charge in [0.25, 0.3) is 0 Å². The molecule has 1 aliphatic heterocycles. The Kier molecular flexibility index (Phi) is 7.61. The summed E-state index contributed by atoms with van der Waals surface area (Å²) in [6.07, 6.45) is 0. The fourth-order valence-electron chi connectivity index (χ4n) is 3.27. The molecule has 23 heavy (non-hydrogen) atoms. The van der Waals surface area contributed by atoms with Crippen LogP contribution in [0.1, 0.15) is 25.5 Å². The van der Waals surface area contributed by atoms with Crippen molar-refractivity contribution in [2.45, 2.75) is 19.9 Å². The number of aliphatic hydroxyl groups is 1. The second-order valence-electron chi connectivity index (χ2n) is 6.42. The lowest BCUT2D eigenvalue weighted by molar-refractivity contribution is 0.0291. The molecule has 0 spiro atoms. The Hall–Kier alpha value is -1.01. The molecule has 2 rings (SSSR count). The van der Waals surface area contributed by atoms with Crippen molar-refractivity contribution < 1.29 is 14.6 Å². The number of ether oxygens (including phenoxy) is 2. The number of rotatable bonds is 6. The smallest absolute Gasteiger partial charge is 0.165 e. The molecule has 1 aromatic carbocycles. The minimum Gasteiger partial charge on any atom is -0.493 e. The fraction of sp³-hybridized carbons (Fsp3) is 0.647. The Bertz CT molecular complexity index is 491. The van der Waals surface area contributed by atoms with Crippen LogP contribution in [0.3, 0.4) is 0 Å². The topological polar surface area (TPSA) is 54.0 Å². The second-order valence-corrected chi connectivity index (χ2v) is 6.42. The predicted molar refractivity (Wildman–Crippen MR) is 94.8 cm³/mol. The molecule has 1 aliphatic rings. The molecule has 132 valence electrons. The molecule has 1 aromatic rings. The van der Waals surface area contributed by atoms with Crippen LogP contribution in [0.15, 0.2) is 18.2 Å². The Labute approximate surface area is 145 Å². The molecule has 1 fully saturated rings. The number of methoxy groups -OCH3 is 2. The Morgan fingerprint density at radius 3 is 2.39 bits per heavy atom. The van der Waals surface area contributed by atoms with Gasteiger partial charge in [-0.25, -0.2) is 0 Å². The third kappa shape index (κ3) is 4.29. The Balaban J connectivity index is 0.00000264. The van der Waals surface area contributed by atoms with Gasteiger partial charge >= 0.3 is 0 Å². The maximum Gasteiger partial charge on any atom is 0.165 e. The van der Waals surface area contributed by atoms with E-state index in [1.54, 1.807) is 14.2 Å². The summed E-state index contributed by atoms with van der Waals surface area (Å²) >= 11 is 0. The van der Waals surface area contributed by atoms with Crippen molar-refractivity contribution in [3.8, 4) is 11.5 Å². The van der Waals surface area contributed by atoms with E-state index in [9.17, 15) is 5.11 Å². The number of hydrogen-bond acceptors (Lipinski definition) is 5. The molecule has 0 unspecified atom stereocenters. The van der Waals surface area contributed by atoms with E-state index in [-0.39, 0.29) is 30.5 Å². The monoisotopic (exact) mass is 344 g/mol. The van der Waals surface area contributed by atoms with E-state index in [0.717, 1.165) is 43.2 Å². The number of piperazine rings is 1. The maximum absolute atomic E-state index is 9.93. The molecule has 0 aliphatic carbocycles. The van der Waals surface area contributed by atoms with Gasteiger partial charge in [-0.3, -0.25) is 4.90 Å². The highest BCUT2D eigenvalue weighted by Gasteiger charge is 2.37. The fourth-order valence-corrected chi connectivity index (χ4v) is 3.27. The first-order valence-corrected chi connectivity index (χ1v) is 7.81. The minimum absolute atomic E-state index is 0. The Morgan fingerprint density at radius 2 is 1.87 bits per heavy atom. The Morgan fingerprint density at radius 1 is 1.22 bits per heavy atom. The molecule has 1 saturated heterocycles. The van der Waals surface area contributed by atoms with Crippen molar-refractivity contribution in [3.63, 3.8) is 0 Å². The number of nitrogens with zero attached hydrogens (tertiary/aromatic N) is 1. The predicted octanol–water partition coefficient (Wildman–Crippen LogP) is 2.09. The maximum atomic E-state index is 9.93. The lowest BCUT2D eigenvalue weighted by Gasteiger charge is -2.44. The van der Waals surface area contributed by atoms with E-state index >= 15 is 0 Å². The average molecular weight is 345 g/mol. The van der Waals surface area contributed by atoms with E-state index in [4.69, 9.17) is 9.47 Å². The van der Waals surface area contributed by atoms with Crippen molar-refractivity contribution in [2.75, 3.05) is 47.0 Å². The van der Waals surface area contributed by atoms with Crippen molar-refractivity contribution in [1.29, 1.82) is 0 Å². The molecule has 0 saturated carbocycles. The van der Waals surface area contributed by atoms with E-state index in [1.165, 1.54) is 0 Å². The van der Waals surface area contributed by atoms with Gasteiger partial charge in [0, 0.05) is 49.8 Å². The van der Waals surface area contributed by atoms with Crippen molar-refractivity contribution in [3.05, 3.63) is 23.8 Å². The lowest BCUT2D eigenvalue weighted by Crippen LogP contribution is -2.49. The SMILES string of the molecule is COc1cccc([C@@H](N2CCNCC2)C(C)(C)CO)c1OC.Cl.